The van der Waals surface area contributed by atoms with Crippen LogP contribution in [0.15, 0.2) is 84.9 Å². The number of hydrogen-bond acceptors (Lipinski definition) is 8. The first-order valence-electron chi connectivity index (χ1n) is 15.8. The van der Waals surface area contributed by atoms with Gasteiger partial charge in [-0.25, -0.2) is 8.42 Å². The minimum absolute atomic E-state index is 0.0703. The fourth-order valence-electron chi connectivity index (χ4n) is 5.09. The van der Waals surface area contributed by atoms with Crippen LogP contribution >= 0.6 is 11.3 Å². The molecule has 4 atom stereocenters. The molecule has 0 aliphatic rings. The number of anilines is 1. The van der Waals surface area contributed by atoms with Crippen LogP contribution in [0.1, 0.15) is 74.5 Å². The maximum Gasteiger partial charge on any atom is 0.251 e. The van der Waals surface area contributed by atoms with E-state index in [-0.39, 0.29) is 41.2 Å². The Hall–Kier alpha value is -4.23. The highest BCUT2D eigenvalue weighted by atomic mass is 32.2. The monoisotopic (exact) mass is 692 g/mol. The smallest absolute Gasteiger partial charge is 0.251 e. The van der Waals surface area contributed by atoms with Gasteiger partial charge in [0.2, 0.25) is 10.0 Å². The number of thiophene rings is 1. The first-order chi connectivity index (χ1) is 22.9. The number of amides is 2. The number of carbonyl (C=O) groups is 2. The topological polar surface area (TPSA) is 146 Å². The fraction of sp³-hybridized carbons (Fsp3) is 0.333. The molecule has 4 aromatic rings. The summed E-state index contributed by atoms with van der Waals surface area (Å²) in [7, 11) is -2.10. The standard InChI is InChI=1S/C36H44N4O6S2/c1-6-48(44,45)40-30-20-28(35(42)38-25(4)34-17-12-23(2)47-34)19-29(21-30)36(43)39-32(18-26-10-8-7-9-11-26)33(41)22-37-24(3)27-13-15-31(46-5)16-14-27/h7-17,19-21,24-25,32-33,37,40-41H,6,18,22H2,1-5H3,(H,38,42)(H,39,43)/t24-,25?,32+,33-/m1/s1. The molecular weight excluding hydrogens is 649 g/mol. The van der Waals surface area contributed by atoms with Crippen LogP contribution < -0.4 is 25.4 Å². The van der Waals surface area contributed by atoms with Crippen molar-refractivity contribution in [2.45, 2.75) is 58.3 Å². The third kappa shape index (κ3) is 10.4. The van der Waals surface area contributed by atoms with E-state index in [0.717, 1.165) is 26.6 Å². The van der Waals surface area contributed by atoms with E-state index in [1.165, 1.54) is 25.1 Å². The van der Waals surface area contributed by atoms with E-state index in [1.807, 2.05) is 87.5 Å². The van der Waals surface area contributed by atoms with Gasteiger partial charge in [0.15, 0.2) is 0 Å². The van der Waals surface area contributed by atoms with E-state index in [2.05, 4.69) is 20.7 Å². The van der Waals surface area contributed by atoms with Crippen LogP contribution in [0.3, 0.4) is 0 Å². The van der Waals surface area contributed by atoms with Gasteiger partial charge >= 0.3 is 0 Å². The summed E-state index contributed by atoms with van der Waals surface area (Å²) < 4.78 is 32.7. The Kier molecular flexibility index (Phi) is 12.8. The molecule has 0 bridgehead atoms. The number of sulfonamides is 1. The first kappa shape index (κ1) is 36.6. The van der Waals surface area contributed by atoms with Crippen molar-refractivity contribution in [1.29, 1.82) is 0 Å². The zero-order valence-corrected chi connectivity index (χ0v) is 29.5. The lowest BCUT2D eigenvalue weighted by atomic mass is 9.99. The number of hydrogen-bond donors (Lipinski definition) is 5. The Bertz CT molecular complexity index is 1780. The van der Waals surface area contributed by atoms with E-state index >= 15 is 0 Å². The summed E-state index contributed by atoms with van der Waals surface area (Å²) in [6.07, 6.45) is -0.658. The average Bonchev–Trinajstić information content (AvgIpc) is 3.53. The molecule has 10 nitrogen and oxygen atoms in total. The number of aliphatic hydroxyl groups excluding tert-OH is 1. The van der Waals surface area contributed by atoms with Crippen LogP contribution in [0.4, 0.5) is 5.69 Å². The largest absolute Gasteiger partial charge is 0.497 e. The highest BCUT2D eigenvalue weighted by Crippen LogP contribution is 2.24. The molecule has 0 radical (unpaired) electrons. The maximum absolute atomic E-state index is 13.8. The van der Waals surface area contributed by atoms with E-state index in [1.54, 1.807) is 18.4 Å². The van der Waals surface area contributed by atoms with Gasteiger partial charge in [-0.1, -0.05) is 42.5 Å². The van der Waals surface area contributed by atoms with Gasteiger partial charge in [-0.2, -0.15) is 0 Å². The van der Waals surface area contributed by atoms with Crippen LogP contribution in [-0.2, 0) is 16.4 Å². The van der Waals surface area contributed by atoms with E-state index in [9.17, 15) is 23.1 Å². The average molecular weight is 693 g/mol. The number of rotatable bonds is 16. The number of carbonyl (C=O) groups excluding carboxylic acids is 2. The molecule has 256 valence electrons. The summed E-state index contributed by atoms with van der Waals surface area (Å²) >= 11 is 1.57. The number of methoxy groups -OCH3 is 1. The van der Waals surface area contributed by atoms with Gasteiger partial charge in [-0.15, -0.1) is 11.3 Å². The molecule has 0 aliphatic carbocycles. The molecule has 2 amide bonds. The van der Waals surface area contributed by atoms with Crippen molar-refractivity contribution in [3.8, 4) is 5.75 Å². The minimum atomic E-state index is -3.71. The quantitative estimate of drug-likeness (QED) is 0.106. The van der Waals surface area contributed by atoms with Gasteiger partial charge in [0.1, 0.15) is 5.75 Å². The molecular formula is C36H44N4O6S2. The number of aliphatic hydroxyl groups is 1. The molecule has 0 saturated heterocycles. The van der Waals surface area contributed by atoms with E-state index in [0.29, 0.717) is 6.42 Å². The Labute approximate surface area is 287 Å². The molecule has 0 aliphatic heterocycles. The lowest BCUT2D eigenvalue weighted by Gasteiger charge is -2.26. The summed E-state index contributed by atoms with van der Waals surface area (Å²) in [5, 5.41) is 20.6. The van der Waals surface area contributed by atoms with Crippen LogP contribution in [0.25, 0.3) is 0 Å². The number of aryl methyl sites for hydroxylation is 1. The normalized spacial score (nSPS) is 14.0. The van der Waals surface area contributed by atoms with Gasteiger partial charge in [-0.3, -0.25) is 14.3 Å². The Morgan fingerprint density at radius 2 is 1.52 bits per heavy atom. The van der Waals surface area contributed by atoms with Crippen molar-refractivity contribution in [3.05, 3.63) is 117 Å². The highest BCUT2D eigenvalue weighted by Gasteiger charge is 2.25. The predicted molar refractivity (Wildman–Crippen MR) is 191 cm³/mol. The van der Waals surface area contributed by atoms with Crippen LogP contribution in [0, 0.1) is 6.92 Å². The predicted octanol–water partition coefficient (Wildman–Crippen LogP) is 5.37. The molecule has 0 fully saturated rings. The summed E-state index contributed by atoms with van der Waals surface area (Å²) in [5.41, 5.74) is 2.19. The molecule has 3 aromatic carbocycles. The summed E-state index contributed by atoms with van der Waals surface area (Å²) in [4.78, 5) is 29.3. The molecule has 0 saturated carbocycles. The van der Waals surface area contributed by atoms with Gasteiger partial charge in [-0.05, 0) is 87.7 Å². The van der Waals surface area contributed by atoms with Crippen molar-refractivity contribution < 1.29 is 27.9 Å². The van der Waals surface area contributed by atoms with E-state index < -0.39 is 34.0 Å². The SMILES string of the molecule is CCS(=O)(=O)Nc1cc(C(=O)NC(C)c2ccc(C)s2)cc(C(=O)N[C@@H](Cc2ccccc2)[C@H](O)CN[C@H](C)c2ccc(OC)cc2)c1. The third-order valence-electron chi connectivity index (χ3n) is 7.97. The second kappa shape index (κ2) is 16.7. The van der Waals surface area contributed by atoms with Crippen molar-refractivity contribution in [2.75, 3.05) is 24.1 Å². The molecule has 48 heavy (non-hydrogen) atoms. The maximum atomic E-state index is 13.8. The van der Waals surface area contributed by atoms with Gasteiger partial charge in [0.25, 0.3) is 11.8 Å². The number of ether oxygens (including phenoxy) is 1. The second-order valence-electron chi connectivity index (χ2n) is 11.7. The molecule has 1 heterocycles. The Balaban J connectivity index is 1.57. The molecule has 1 aromatic heterocycles. The van der Waals surface area contributed by atoms with Crippen molar-refractivity contribution in [2.24, 2.45) is 0 Å². The molecule has 5 N–H and O–H groups in total. The van der Waals surface area contributed by atoms with Crippen molar-refractivity contribution >= 4 is 38.9 Å². The van der Waals surface area contributed by atoms with Crippen molar-refractivity contribution in [3.63, 3.8) is 0 Å². The minimum Gasteiger partial charge on any atom is -0.497 e. The highest BCUT2D eigenvalue weighted by molar-refractivity contribution is 7.92. The third-order valence-corrected chi connectivity index (χ3v) is 10.5. The lowest BCUT2D eigenvalue weighted by molar-refractivity contribution is 0.0825. The van der Waals surface area contributed by atoms with Crippen LogP contribution in [0.5, 0.6) is 5.75 Å². The van der Waals surface area contributed by atoms with E-state index in [4.69, 9.17) is 4.74 Å². The number of benzene rings is 3. The molecule has 12 heteroatoms. The fourth-order valence-corrected chi connectivity index (χ4v) is 6.59. The zero-order valence-electron chi connectivity index (χ0n) is 27.8. The number of nitrogens with one attached hydrogen (secondary N) is 4. The molecule has 1 unspecified atom stereocenters. The Morgan fingerprint density at radius 3 is 2.10 bits per heavy atom. The van der Waals surface area contributed by atoms with Gasteiger partial charge < -0.3 is 25.8 Å². The summed E-state index contributed by atoms with van der Waals surface area (Å²) in [5.74, 6) is -0.465. The second-order valence-corrected chi connectivity index (χ2v) is 15.0. The summed E-state index contributed by atoms with van der Waals surface area (Å²) in [6.45, 7) is 7.50. The summed E-state index contributed by atoms with van der Waals surface area (Å²) in [6, 6.07) is 24.2. The molecule has 0 spiro atoms. The first-order valence-corrected chi connectivity index (χ1v) is 18.3. The van der Waals surface area contributed by atoms with Gasteiger partial charge in [0.05, 0.1) is 36.7 Å². The molecule has 4 rings (SSSR count). The van der Waals surface area contributed by atoms with Crippen molar-refractivity contribution in [1.82, 2.24) is 16.0 Å². The lowest BCUT2D eigenvalue weighted by Crippen LogP contribution is -2.49. The van der Waals surface area contributed by atoms with Crippen LogP contribution in [-0.4, -0.2) is 56.9 Å². The Morgan fingerprint density at radius 1 is 0.875 bits per heavy atom. The van der Waals surface area contributed by atoms with Gasteiger partial charge in [0, 0.05) is 33.5 Å². The van der Waals surface area contributed by atoms with Crippen LogP contribution in [0.2, 0.25) is 0 Å². The zero-order chi connectivity index (χ0) is 34.8.